The Balaban J connectivity index is 0.000000527. The number of methoxy groups -OCH3 is 1. The summed E-state index contributed by atoms with van der Waals surface area (Å²) in [6.07, 6.45) is 1.79. The predicted octanol–water partition coefficient (Wildman–Crippen LogP) is 3.66. The van der Waals surface area contributed by atoms with E-state index >= 15 is 0 Å². The van der Waals surface area contributed by atoms with Gasteiger partial charge in [0.1, 0.15) is 0 Å². The van der Waals surface area contributed by atoms with Crippen molar-refractivity contribution in [1.82, 2.24) is 10.3 Å². The molecule has 3 rings (SSSR count). The van der Waals surface area contributed by atoms with Gasteiger partial charge >= 0.3 is 11.9 Å². The third-order valence-corrected chi connectivity index (χ3v) is 5.43. The predicted molar refractivity (Wildman–Crippen MR) is 135 cm³/mol. The van der Waals surface area contributed by atoms with Crippen LogP contribution in [0, 0.1) is 6.92 Å². The van der Waals surface area contributed by atoms with Gasteiger partial charge in [0.15, 0.2) is 0 Å². The van der Waals surface area contributed by atoms with E-state index in [1.54, 1.807) is 44.3 Å². The SMILES string of the molecule is CCOC(=O)C1=C(COCCN)NC(C)=C(C(=O)OC)C1c1ccccc1Cl.Cc1ccccn1. The summed E-state index contributed by atoms with van der Waals surface area (Å²) >= 11 is 6.42. The number of carbonyl (C=O) groups excluding carboxylic acids is 2. The maximum atomic E-state index is 12.9. The van der Waals surface area contributed by atoms with E-state index in [4.69, 9.17) is 31.5 Å². The number of esters is 2. The van der Waals surface area contributed by atoms with Crippen molar-refractivity contribution in [3.05, 3.63) is 87.5 Å². The van der Waals surface area contributed by atoms with Crippen LogP contribution in [-0.2, 0) is 23.8 Å². The van der Waals surface area contributed by atoms with E-state index in [9.17, 15) is 9.59 Å². The summed E-state index contributed by atoms with van der Waals surface area (Å²) in [5, 5.41) is 3.52. The number of aromatic nitrogens is 1. The van der Waals surface area contributed by atoms with Crippen LogP contribution in [0.1, 0.15) is 31.0 Å². The van der Waals surface area contributed by atoms with Crippen LogP contribution in [0.5, 0.6) is 0 Å². The van der Waals surface area contributed by atoms with Crippen LogP contribution in [0.3, 0.4) is 0 Å². The van der Waals surface area contributed by atoms with Crippen molar-refractivity contribution >= 4 is 23.5 Å². The summed E-state index contributed by atoms with van der Waals surface area (Å²) < 4.78 is 15.8. The van der Waals surface area contributed by atoms with Gasteiger partial charge < -0.3 is 25.3 Å². The van der Waals surface area contributed by atoms with Gasteiger partial charge in [-0.05, 0) is 44.5 Å². The topological polar surface area (TPSA) is 113 Å². The maximum Gasteiger partial charge on any atom is 0.336 e. The smallest absolute Gasteiger partial charge is 0.336 e. The number of hydrogen-bond donors (Lipinski definition) is 2. The number of carbonyl (C=O) groups is 2. The molecule has 0 saturated carbocycles. The fourth-order valence-corrected chi connectivity index (χ4v) is 3.81. The average Bonchev–Trinajstić information content (AvgIpc) is 2.84. The summed E-state index contributed by atoms with van der Waals surface area (Å²) in [5.41, 5.74) is 8.77. The summed E-state index contributed by atoms with van der Waals surface area (Å²) in [7, 11) is 1.29. The van der Waals surface area contributed by atoms with Gasteiger partial charge in [0.2, 0.25) is 0 Å². The highest BCUT2D eigenvalue weighted by atomic mass is 35.5. The molecule has 1 aromatic carbocycles. The lowest BCUT2D eigenvalue weighted by Crippen LogP contribution is -2.35. The molecule has 2 heterocycles. The molecule has 3 N–H and O–H groups in total. The van der Waals surface area contributed by atoms with E-state index in [-0.39, 0.29) is 18.8 Å². The molecular weight excluding hydrogens is 470 g/mol. The maximum absolute atomic E-state index is 12.9. The third kappa shape index (κ3) is 7.65. The Labute approximate surface area is 211 Å². The molecule has 0 bridgehead atoms. The van der Waals surface area contributed by atoms with Gasteiger partial charge in [-0.3, -0.25) is 4.98 Å². The molecule has 9 heteroatoms. The number of hydrogen-bond acceptors (Lipinski definition) is 8. The molecule has 188 valence electrons. The fourth-order valence-electron chi connectivity index (χ4n) is 3.57. The zero-order valence-electron chi connectivity index (χ0n) is 20.5. The van der Waals surface area contributed by atoms with Crippen molar-refractivity contribution in [3.63, 3.8) is 0 Å². The first-order chi connectivity index (χ1) is 16.8. The van der Waals surface area contributed by atoms with Crippen LogP contribution in [0.25, 0.3) is 0 Å². The second-order valence-corrected chi connectivity index (χ2v) is 7.94. The van der Waals surface area contributed by atoms with Gasteiger partial charge in [0.25, 0.3) is 0 Å². The highest BCUT2D eigenvalue weighted by Gasteiger charge is 2.39. The number of dihydropyridines is 1. The van der Waals surface area contributed by atoms with Crippen LogP contribution in [0.2, 0.25) is 5.02 Å². The van der Waals surface area contributed by atoms with Crippen molar-refractivity contribution < 1.29 is 23.8 Å². The lowest BCUT2D eigenvalue weighted by Gasteiger charge is -2.31. The number of halogens is 1. The highest BCUT2D eigenvalue weighted by Crippen LogP contribution is 2.41. The molecule has 0 radical (unpaired) electrons. The Hall–Kier alpha value is -3.20. The fraction of sp³-hybridized carbons (Fsp3) is 0.346. The third-order valence-electron chi connectivity index (χ3n) is 5.08. The molecule has 0 amide bonds. The van der Waals surface area contributed by atoms with E-state index < -0.39 is 17.9 Å². The number of allylic oxidation sites excluding steroid dienone is 1. The average molecular weight is 502 g/mol. The van der Waals surface area contributed by atoms with E-state index in [0.29, 0.717) is 40.7 Å². The van der Waals surface area contributed by atoms with E-state index in [2.05, 4.69) is 10.3 Å². The molecule has 8 nitrogen and oxygen atoms in total. The van der Waals surface area contributed by atoms with E-state index in [0.717, 1.165) is 5.69 Å². The molecular formula is C26H32ClN3O5. The number of nitrogens with two attached hydrogens (primary N) is 1. The number of pyridine rings is 1. The number of rotatable bonds is 8. The van der Waals surface area contributed by atoms with Gasteiger partial charge in [0.05, 0.1) is 49.7 Å². The number of benzene rings is 1. The zero-order chi connectivity index (χ0) is 25.8. The first-order valence-electron chi connectivity index (χ1n) is 11.2. The van der Waals surface area contributed by atoms with Crippen molar-refractivity contribution in [2.45, 2.75) is 26.7 Å². The van der Waals surface area contributed by atoms with Crippen molar-refractivity contribution in [3.8, 4) is 0 Å². The second kappa shape index (κ2) is 14.3. The molecule has 1 aromatic heterocycles. The molecule has 1 unspecified atom stereocenters. The Morgan fingerprint density at radius 2 is 1.80 bits per heavy atom. The van der Waals surface area contributed by atoms with E-state index in [1.807, 2.05) is 25.1 Å². The Kier molecular flexibility index (Phi) is 11.4. The van der Waals surface area contributed by atoms with Gasteiger partial charge in [-0.15, -0.1) is 0 Å². The van der Waals surface area contributed by atoms with Crippen LogP contribution in [-0.4, -0.2) is 50.4 Å². The molecule has 1 atom stereocenters. The number of nitrogens with zero attached hydrogens (tertiary/aromatic N) is 1. The molecule has 0 fully saturated rings. The lowest BCUT2D eigenvalue weighted by atomic mass is 9.80. The first kappa shape index (κ1) is 28.0. The molecule has 1 aliphatic heterocycles. The van der Waals surface area contributed by atoms with Crippen LogP contribution in [0.15, 0.2) is 71.2 Å². The Morgan fingerprint density at radius 1 is 1.09 bits per heavy atom. The lowest BCUT2D eigenvalue weighted by molar-refractivity contribution is -0.139. The van der Waals surface area contributed by atoms with Gasteiger partial charge in [-0.25, -0.2) is 9.59 Å². The minimum Gasteiger partial charge on any atom is -0.466 e. The minimum absolute atomic E-state index is 0.109. The first-order valence-corrected chi connectivity index (χ1v) is 11.6. The zero-order valence-corrected chi connectivity index (χ0v) is 21.2. The summed E-state index contributed by atoms with van der Waals surface area (Å²) in [5.74, 6) is -1.86. The monoisotopic (exact) mass is 501 g/mol. The summed E-state index contributed by atoms with van der Waals surface area (Å²) in [4.78, 5) is 29.4. The van der Waals surface area contributed by atoms with Crippen LogP contribution >= 0.6 is 11.6 Å². The van der Waals surface area contributed by atoms with Crippen molar-refractivity contribution in [2.75, 3.05) is 33.5 Å². The highest BCUT2D eigenvalue weighted by molar-refractivity contribution is 6.31. The van der Waals surface area contributed by atoms with Crippen molar-refractivity contribution in [1.29, 1.82) is 0 Å². The molecule has 2 aromatic rings. The van der Waals surface area contributed by atoms with Gasteiger partial charge in [-0.1, -0.05) is 35.9 Å². The molecule has 0 spiro atoms. The second-order valence-electron chi connectivity index (χ2n) is 7.53. The van der Waals surface area contributed by atoms with E-state index in [1.165, 1.54) is 7.11 Å². The molecule has 1 aliphatic rings. The standard InChI is InChI=1S/C20H25ClN2O5.C6H7N/c1-4-28-20(25)18-15(11-27-10-9-22)23-12(2)16(19(24)26-3)17(18)13-7-5-6-8-14(13)21;1-6-4-2-3-5-7-6/h5-8,17,23H,4,9-11,22H2,1-3H3;2-5H,1H3. The minimum atomic E-state index is -0.752. The summed E-state index contributed by atoms with van der Waals surface area (Å²) in [6.45, 7) is 6.39. The van der Waals surface area contributed by atoms with Crippen LogP contribution in [0.4, 0.5) is 0 Å². The number of ether oxygens (including phenoxy) is 3. The Morgan fingerprint density at radius 3 is 2.34 bits per heavy atom. The number of aryl methyl sites for hydroxylation is 1. The Bertz CT molecular complexity index is 1070. The quantitative estimate of drug-likeness (QED) is 0.416. The molecule has 35 heavy (non-hydrogen) atoms. The molecule has 0 aliphatic carbocycles. The number of nitrogens with one attached hydrogen (secondary N) is 1. The van der Waals surface area contributed by atoms with Crippen LogP contribution < -0.4 is 11.1 Å². The molecule has 0 saturated heterocycles. The van der Waals surface area contributed by atoms with Crippen molar-refractivity contribution in [2.24, 2.45) is 5.73 Å². The van der Waals surface area contributed by atoms with Gasteiger partial charge in [0, 0.05) is 29.2 Å². The normalized spacial score (nSPS) is 15.1. The van der Waals surface area contributed by atoms with Gasteiger partial charge in [-0.2, -0.15) is 0 Å². The largest absolute Gasteiger partial charge is 0.466 e. The summed E-state index contributed by atoms with van der Waals surface area (Å²) in [6, 6.07) is 12.9.